The fourth-order valence-electron chi connectivity index (χ4n) is 2.23. The molecule has 0 unspecified atom stereocenters. The number of hydrogen-bond donors (Lipinski definition) is 3. The first-order valence-electron chi connectivity index (χ1n) is 8.11. The molecule has 2 aromatic rings. The van der Waals surface area contributed by atoms with Crippen LogP contribution in [0.1, 0.15) is 34.5 Å². The van der Waals surface area contributed by atoms with E-state index in [0.717, 1.165) is 50.6 Å². The summed E-state index contributed by atoms with van der Waals surface area (Å²) in [5.41, 5.74) is 2.43. The highest BCUT2D eigenvalue weighted by molar-refractivity contribution is 7.11. The SMILES string of the molecule is CCNC(=NCCCc1cn[nH]c1C)NCCc1ncc(C)s1. The highest BCUT2D eigenvalue weighted by atomic mass is 32.1. The van der Waals surface area contributed by atoms with E-state index >= 15 is 0 Å². The largest absolute Gasteiger partial charge is 0.357 e. The van der Waals surface area contributed by atoms with Gasteiger partial charge in [-0.25, -0.2) is 4.98 Å². The van der Waals surface area contributed by atoms with Gasteiger partial charge in [-0.05, 0) is 39.2 Å². The van der Waals surface area contributed by atoms with Gasteiger partial charge < -0.3 is 10.6 Å². The van der Waals surface area contributed by atoms with E-state index < -0.39 is 0 Å². The van der Waals surface area contributed by atoms with Gasteiger partial charge in [0.15, 0.2) is 5.96 Å². The van der Waals surface area contributed by atoms with Crippen LogP contribution in [-0.2, 0) is 12.8 Å². The second-order valence-electron chi connectivity index (χ2n) is 5.43. The Morgan fingerprint density at radius 3 is 2.78 bits per heavy atom. The van der Waals surface area contributed by atoms with Crippen molar-refractivity contribution in [3.63, 3.8) is 0 Å². The fourth-order valence-corrected chi connectivity index (χ4v) is 3.02. The van der Waals surface area contributed by atoms with Crippen molar-refractivity contribution < 1.29 is 0 Å². The topological polar surface area (TPSA) is 78.0 Å². The third kappa shape index (κ3) is 6.02. The summed E-state index contributed by atoms with van der Waals surface area (Å²) in [5, 5.41) is 14.8. The molecule has 0 saturated carbocycles. The molecule has 6 nitrogen and oxygen atoms in total. The Bertz CT molecular complexity index is 616. The van der Waals surface area contributed by atoms with Gasteiger partial charge in [0.25, 0.3) is 0 Å². The van der Waals surface area contributed by atoms with Gasteiger partial charge in [0.2, 0.25) is 0 Å². The molecule has 0 aliphatic carbocycles. The number of aryl methyl sites for hydroxylation is 3. The Labute approximate surface area is 141 Å². The van der Waals surface area contributed by atoms with Gasteiger partial charge in [-0.1, -0.05) is 0 Å². The fraction of sp³-hybridized carbons (Fsp3) is 0.562. The van der Waals surface area contributed by atoms with Crippen LogP contribution in [0.25, 0.3) is 0 Å². The molecule has 2 rings (SSSR count). The van der Waals surface area contributed by atoms with Crippen molar-refractivity contribution in [3.05, 3.63) is 33.5 Å². The number of guanidine groups is 1. The molecule has 0 saturated heterocycles. The maximum absolute atomic E-state index is 4.63. The van der Waals surface area contributed by atoms with Crippen molar-refractivity contribution in [3.8, 4) is 0 Å². The lowest BCUT2D eigenvalue weighted by atomic mass is 10.1. The lowest BCUT2D eigenvalue weighted by Gasteiger charge is -2.10. The Hall–Kier alpha value is -1.89. The number of H-pyrrole nitrogens is 1. The molecule has 0 spiro atoms. The zero-order valence-corrected chi connectivity index (χ0v) is 15.0. The van der Waals surface area contributed by atoms with Gasteiger partial charge in [-0.15, -0.1) is 11.3 Å². The number of aromatic nitrogens is 3. The second-order valence-corrected chi connectivity index (χ2v) is 6.75. The molecule has 0 bridgehead atoms. The first-order chi connectivity index (χ1) is 11.2. The third-order valence-corrected chi connectivity index (χ3v) is 4.43. The molecule has 23 heavy (non-hydrogen) atoms. The lowest BCUT2D eigenvalue weighted by molar-refractivity contribution is 0.774. The van der Waals surface area contributed by atoms with Crippen LogP contribution in [0, 0.1) is 13.8 Å². The zero-order chi connectivity index (χ0) is 16.5. The van der Waals surface area contributed by atoms with Crippen molar-refractivity contribution in [2.75, 3.05) is 19.6 Å². The number of aliphatic imine (C=N–C) groups is 1. The van der Waals surface area contributed by atoms with E-state index in [0.29, 0.717) is 0 Å². The third-order valence-electron chi connectivity index (χ3n) is 3.45. The average molecular weight is 334 g/mol. The molecule has 0 atom stereocenters. The van der Waals surface area contributed by atoms with Crippen LogP contribution in [0.5, 0.6) is 0 Å². The summed E-state index contributed by atoms with van der Waals surface area (Å²) in [4.78, 5) is 10.3. The first-order valence-corrected chi connectivity index (χ1v) is 8.93. The molecule has 0 radical (unpaired) electrons. The van der Waals surface area contributed by atoms with Crippen molar-refractivity contribution in [1.82, 2.24) is 25.8 Å². The molecule has 0 aliphatic heterocycles. The highest BCUT2D eigenvalue weighted by Crippen LogP contribution is 2.10. The van der Waals surface area contributed by atoms with Crippen LogP contribution >= 0.6 is 11.3 Å². The van der Waals surface area contributed by atoms with E-state index in [9.17, 15) is 0 Å². The average Bonchev–Trinajstić information content (AvgIpc) is 3.12. The minimum atomic E-state index is 0.802. The summed E-state index contributed by atoms with van der Waals surface area (Å²) in [7, 11) is 0. The molecule has 0 aliphatic rings. The minimum absolute atomic E-state index is 0.802. The van der Waals surface area contributed by atoms with Crippen LogP contribution in [0.4, 0.5) is 0 Å². The predicted molar refractivity (Wildman–Crippen MR) is 96.2 cm³/mol. The van der Waals surface area contributed by atoms with E-state index in [4.69, 9.17) is 0 Å². The molecule has 7 heteroatoms. The van der Waals surface area contributed by atoms with Crippen molar-refractivity contribution in [1.29, 1.82) is 0 Å². The number of nitrogens with zero attached hydrogens (tertiary/aromatic N) is 3. The Morgan fingerprint density at radius 2 is 2.13 bits per heavy atom. The molecule has 2 aromatic heterocycles. The zero-order valence-electron chi connectivity index (χ0n) is 14.1. The van der Waals surface area contributed by atoms with Gasteiger partial charge in [0.05, 0.1) is 11.2 Å². The summed E-state index contributed by atoms with van der Waals surface area (Å²) in [6, 6.07) is 0. The maximum atomic E-state index is 4.63. The van der Waals surface area contributed by atoms with E-state index in [1.165, 1.54) is 15.4 Å². The van der Waals surface area contributed by atoms with Gasteiger partial charge in [0, 0.05) is 42.8 Å². The van der Waals surface area contributed by atoms with E-state index in [1.807, 2.05) is 12.4 Å². The summed E-state index contributed by atoms with van der Waals surface area (Å²) < 4.78 is 0. The quantitative estimate of drug-likeness (QED) is 0.393. The standard InChI is InChI=1S/C16H26N6S/c1-4-17-16(19-9-7-15-20-10-12(2)23-15)18-8-5-6-14-11-21-22-13(14)3/h10-11H,4-9H2,1-3H3,(H,21,22)(H2,17,18,19). The Morgan fingerprint density at radius 1 is 1.26 bits per heavy atom. The minimum Gasteiger partial charge on any atom is -0.357 e. The van der Waals surface area contributed by atoms with E-state index in [-0.39, 0.29) is 0 Å². The van der Waals surface area contributed by atoms with E-state index in [2.05, 4.69) is 51.6 Å². The molecule has 0 amide bonds. The number of hydrogen-bond acceptors (Lipinski definition) is 4. The summed E-state index contributed by atoms with van der Waals surface area (Å²) >= 11 is 1.75. The molecule has 3 N–H and O–H groups in total. The molecule has 0 fully saturated rings. The number of nitrogens with one attached hydrogen (secondary N) is 3. The Balaban J connectivity index is 1.72. The molecular weight excluding hydrogens is 308 g/mol. The number of thiazole rings is 1. The van der Waals surface area contributed by atoms with Gasteiger partial charge in [-0.3, -0.25) is 10.1 Å². The monoisotopic (exact) mass is 334 g/mol. The smallest absolute Gasteiger partial charge is 0.191 e. The molecule has 0 aromatic carbocycles. The van der Waals surface area contributed by atoms with Crippen LogP contribution in [0.3, 0.4) is 0 Å². The van der Waals surface area contributed by atoms with Gasteiger partial charge in [0.1, 0.15) is 0 Å². The van der Waals surface area contributed by atoms with Crippen LogP contribution in [0.2, 0.25) is 0 Å². The van der Waals surface area contributed by atoms with Gasteiger partial charge in [-0.2, -0.15) is 5.10 Å². The van der Waals surface area contributed by atoms with Gasteiger partial charge >= 0.3 is 0 Å². The maximum Gasteiger partial charge on any atom is 0.191 e. The van der Waals surface area contributed by atoms with E-state index in [1.54, 1.807) is 11.3 Å². The summed E-state index contributed by atoms with van der Waals surface area (Å²) in [6.45, 7) is 8.73. The lowest BCUT2D eigenvalue weighted by Crippen LogP contribution is -2.38. The number of rotatable bonds is 8. The predicted octanol–water partition coefficient (Wildman–Crippen LogP) is 2.21. The van der Waals surface area contributed by atoms with Crippen LogP contribution < -0.4 is 10.6 Å². The van der Waals surface area contributed by atoms with Crippen LogP contribution in [0.15, 0.2) is 17.4 Å². The van der Waals surface area contributed by atoms with Crippen molar-refractivity contribution >= 4 is 17.3 Å². The normalized spacial score (nSPS) is 11.7. The summed E-state index contributed by atoms with van der Waals surface area (Å²) in [6.07, 6.45) is 6.78. The molecular formula is C16H26N6S. The molecule has 126 valence electrons. The van der Waals surface area contributed by atoms with Crippen LogP contribution in [-0.4, -0.2) is 40.8 Å². The first kappa shape index (κ1) is 17.5. The molecule has 2 heterocycles. The number of aromatic amines is 1. The second kappa shape index (κ2) is 9.29. The Kier molecular flexibility index (Phi) is 7.06. The summed E-state index contributed by atoms with van der Waals surface area (Å²) in [5.74, 6) is 0.879. The van der Waals surface area contributed by atoms with Crippen molar-refractivity contribution in [2.24, 2.45) is 4.99 Å². The highest BCUT2D eigenvalue weighted by Gasteiger charge is 2.02. The van der Waals surface area contributed by atoms with Crippen molar-refractivity contribution in [2.45, 2.75) is 40.0 Å².